The van der Waals surface area contributed by atoms with Crippen LogP contribution in [0.2, 0.25) is 0 Å². The number of hydrogen-bond acceptors (Lipinski definition) is 8. The molecule has 0 aliphatic heterocycles. The summed E-state index contributed by atoms with van der Waals surface area (Å²) in [5, 5.41) is 32.4. The maximum atomic E-state index is 10.1. The minimum absolute atomic E-state index is 0.0268. The Labute approximate surface area is 151 Å². The van der Waals surface area contributed by atoms with Gasteiger partial charge in [-0.2, -0.15) is 0 Å². The van der Waals surface area contributed by atoms with Gasteiger partial charge in [-0.3, -0.25) is 19.2 Å². The van der Waals surface area contributed by atoms with Crippen molar-refractivity contribution >= 4 is 23.9 Å². The quantitative estimate of drug-likeness (QED) is 0.184. The lowest BCUT2D eigenvalue weighted by Crippen LogP contribution is -2.29. The first-order valence-corrected chi connectivity index (χ1v) is 7.80. The maximum absolute atomic E-state index is 10.1. The summed E-state index contributed by atoms with van der Waals surface area (Å²) >= 11 is 0. The average molecular weight is 382 g/mol. The highest BCUT2D eigenvalue weighted by Gasteiger charge is 2.11. The van der Waals surface area contributed by atoms with E-state index in [1.54, 1.807) is 0 Å². The van der Waals surface area contributed by atoms with E-state index in [9.17, 15) is 19.2 Å². The van der Waals surface area contributed by atoms with E-state index in [-0.39, 0.29) is 19.4 Å². The molecule has 0 spiro atoms. The van der Waals surface area contributed by atoms with E-state index in [1.165, 1.54) is 0 Å². The molecule has 154 valence electrons. The molecule has 0 radical (unpaired) electrons. The van der Waals surface area contributed by atoms with Crippen LogP contribution in [0, 0.1) is 0 Å². The number of hydrogen-bond donors (Lipinski definition) is 8. The van der Waals surface area contributed by atoms with Gasteiger partial charge in [-0.05, 0) is 32.2 Å². The van der Waals surface area contributed by atoms with Crippen LogP contribution < -0.4 is 22.9 Å². The Kier molecular flexibility index (Phi) is 20.9. The third-order valence-electron chi connectivity index (χ3n) is 2.68. The summed E-state index contributed by atoms with van der Waals surface area (Å²) in [6.07, 6.45) is 2.66. The summed E-state index contributed by atoms with van der Waals surface area (Å²) in [4.78, 5) is 39.4. The molecule has 0 aromatic rings. The zero-order valence-corrected chi connectivity index (χ0v) is 14.5. The van der Waals surface area contributed by atoms with Gasteiger partial charge < -0.3 is 43.4 Å². The largest absolute Gasteiger partial charge is 0.481 e. The third kappa shape index (κ3) is 26.6. The van der Waals surface area contributed by atoms with Crippen LogP contribution in [0.15, 0.2) is 0 Å². The van der Waals surface area contributed by atoms with Crippen molar-refractivity contribution < 1.29 is 39.6 Å². The van der Waals surface area contributed by atoms with Crippen molar-refractivity contribution in [2.75, 3.05) is 13.1 Å². The second kappa shape index (κ2) is 19.1. The van der Waals surface area contributed by atoms with Crippen LogP contribution in [-0.2, 0) is 19.2 Å². The number of aliphatic carboxylic acids is 4. The van der Waals surface area contributed by atoms with E-state index in [1.807, 2.05) is 0 Å². The molecule has 0 heterocycles. The number of nitrogens with two attached hydrogens (primary N) is 4. The highest BCUT2D eigenvalue weighted by molar-refractivity contribution is 5.73. The second-order valence-corrected chi connectivity index (χ2v) is 5.06. The van der Waals surface area contributed by atoms with E-state index in [0.29, 0.717) is 19.4 Å². The normalized spacial score (nSPS) is 11.7. The van der Waals surface area contributed by atoms with E-state index in [4.69, 9.17) is 37.6 Å². The van der Waals surface area contributed by atoms with Crippen molar-refractivity contribution in [2.45, 2.75) is 50.6 Å². The number of carboxylic acid groups (broad SMARTS) is 4. The summed E-state index contributed by atoms with van der Waals surface area (Å²) in [5.41, 5.74) is 20.1. The fraction of sp³-hybridized carbons (Fsp3) is 0.714. The van der Waals surface area contributed by atoms with Gasteiger partial charge >= 0.3 is 23.9 Å². The molecule has 0 bridgehead atoms. The van der Waals surface area contributed by atoms with Crippen molar-refractivity contribution in [3.63, 3.8) is 0 Å². The van der Waals surface area contributed by atoms with Crippen molar-refractivity contribution in [2.24, 2.45) is 22.9 Å². The average Bonchev–Trinajstić information content (AvgIpc) is 2.55. The second-order valence-electron chi connectivity index (χ2n) is 5.06. The minimum Gasteiger partial charge on any atom is -0.481 e. The molecule has 12 nitrogen and oxygen atoms in total. The van der Waals surface area contributed by atoms with Crippen LogP contribution in [0.3, 0.4) is 0 Å². The molecule has 0 fully saturated rings. The standard InChI is InChI=1S/C6H14N2O2.C6H11NO4.C2H5NO2/c7-4-2-1-3-5(8)6(9)10;7-4(6(10)11)2-1-3-5(8)9;3-1-2(4)5/h5H,1-4,7-8H2,(H,9,10);4H,1-3,7H2,(H,8,9)(H,10,11);1,3H2,(H,4,5)/t5-;;/m0../s1. The van der Waals surface area contributed by atoms with Gasteiger partial charge in [0, 0.05) is 6.42 Å². The minimum atomic E-state index is -1.09. The number of rotatable bonds is 11. The Morgan fingerprint density at radius 2 is 1.08 bits per heavy atom. The first-order chi connectivity index (χ1) is 12.0. The summed E-state index contributed by atoms with van der Waals surface area (Å²) in [5.74, 6) is -3.92. The van der Waals surface area contributed by atoms with E-state index in [2.05, 4.69) is 5.73 Å². The summed E-state index contributed by atoms with van der Waals surface area (Å²) in [7, 11) is 0. The lowest BCUT2D eigenvalue weighted by Gasteiger charge is -2.03. The molecular weight excluding hydrogens is 352 g/mol. The third-order valence-corrected chi connectivity index (χ3v) is 2.68. The molecule has 0 saturated heterocycles. The summed E-state index contributed by atoms with van der Waals surface area (Å²) < 4.78 is 0. The number of carbonyl (C=O) groups is 4. The molecule has 0 aromatic carbocycles. The highest BCUT2D eigenvalue weighted by atomic mass is 16.4. The SMILES string of the molecule is NC(CCCC(=O)O)C(=O)O.NCC(=O)O.NCCCC[C@H](N)C(=O)O. The van der Waals surface area contributed by atoms with Gasteiger partial charge in [-0.25, -0.2) is 0 Å². The molecule has 0 amide bonds. The molecule has 12 N–H and O–H groups in total. The first-order valence-electron chi connectivity index (χ1n) is 7.80. The van der Waals surface area contributed by atoms with E-state index < -0.39 is 36.0 Å². The zero-order valence-electron chi connectivity index (χ0n) is 14.5. The Morgan fingerprint density at radius 1 is 0.692 bits per heavy atom. The fourth-order valence-corrected chi connectivity index (χ4v) is 1.23. The zero-order chi connectivity index (χ0) is 21.1. The molecule has 0 aromatic heterocycles. The van der Waals surface area contributed by atoms with Crippen molar-refractivity contribution in [3.8, 4) is 0 Å². The smallest absolute Gasteiger partial charge is 0.320 e. The Hall–Kier alpha value is -2.28. The molecule has 1 unspecified atom stereocenters. The Bertz CT molecular complexity index is 420. The Morgan fingerprint density at radius 3 is 1.35 bits per heavy atom. The lowest BCUT2D eigenvalue weighted by molar-refractivity contribution is -0.140. The first kappa shape index (κ1) is 28.5. The molecule has 0 rings (SSSR count). The molecule has 0 aliphatic rings. The van der Waals surface area contributed by atoms with Crippen molar-refractivity contribution in [1.29, 1.82) is 0 Å². The van der Waals surface area contributed by atoms with Crippen LogP contribution in [-0.4, -0.2) is 69.5 Å². The summed E-state index contributed by atoms with van der Waals surface area (Å²) in [6.45, 7) is 0.326. The van der Waals surface area contributed by atoms with Crippen LogP contribution >= 0.6 is 0 Å². The number of unbranched alkanes of at least 4 members (excludes halogenated alkanes) is 1. The number of carboxylic acids is 4. The van der Waals surface area contributed by atoms with Crippen LogP contribution in [0.5, 0.6) is 0 Å². The van der Waals surface area contributed by atoms with Crippen molar-refractivity contribution in [3.05, 3.63) is 0 Å². The molecule has 0 aliphatic carbocycles. The van der Waals surface area contributed by atoms with Gasteiger partial charge in [0.2, 0.25) is 0 Å². The summed E-state index contributed by atoms with van der Waals surface area (Å²) in [6, 6.07) is -1.65. The predicted octanol–water partition coefficient (Wildman–Crippen LogP) is -1.79. The van der Waals surface area contributed by atoms with Gasteiger partial charge in [0.1, 0.15) is 12.1 Å². The van der Waals surface area contributed by atoms with Gasteiger partial charge in [-0.1, -0.05) is 6.42 Å². The van der Waals surface area contributed by atoms with Crippen LogP contribution in [0.25, 0.3) is 0 Å². The van der Waals surface area contributed by atoms with Gasteiger partial charge in [0.05, 0.1) is 6.54 Å². The van der Waals surface area contributed by atoms with E-state index in [0.717, 1.165) is 12.8 Å². The molecule has 26 heavy (non-hydrogen) atoms. The Balaban J connectivity index is -0.000000327. The topological polar surface area (TPSA) is 253 Å². The van der Waals surface area contributed by atoms with Crippen LogP contribution in [0.1, 0.15) is 38.5 Å². The molecular formula is C14H30N4O8. The molecule has 2 atom stereocenters. The molecule has 12 heteroatoms. The fourth-order valence-electron chi connectivity index (χ4n) is 1.23. The van der Waals surface area contributed by atoms with E-state index >= 15 is 0 Å². The predicted molar refractivity (Wildman–Crippen MR) is 92.3 cm³/mol. The lowest BCUT2D eigenvalue weighted by atomic mass is 10.1. The maximum Gasteiger partial charge on any atom is 0.320 e. The van der Waals surface area contributed by atoms with Gasteiger partial charge in [-0.15, -0.1) is 0 Å². The molecule has 0 saturated carbocycles. The highest BCUT2D eigenvalue weighted by Crippen LogP contribution is 1.98. The van der Waals surface area contributed by atoms with Gasteiger partial charge in [0.15, 0.2) is 0 Å². The van der Waals surface area contributed by atoms with Crippen molar-refractivity contribution in [1.82, 2.24) is 0 Å². The van der Waals surface area contributed by atoms with Crippen LogP contribution in [0.4, 0.5) is 0 Å². The monoisotopic (exact) mass is 382 g/mol. The van der Waals surface area contributed by atoms with Gasteiger partial charge in [0.25, 0.3) is 0 Å².